The summed E-state index contributed by atoms with van der Waals surface area (Å²) in [5.41, 5.74) is 2.69. The van der Waals surface area contributed by atoms with Gasteiger partial charge in [-0.3, -0.25) is 19.4 Å². The lowest BCUT2D eigenvalue weighted by molar-refractivity contribution is 0.0908. The fourth-order valence-electron chi connectivity index (χ4n) is 3.68. The van der Waals surface area contributed by atoms with E-state index in [1.165, 1.54) is 18.3 Å². The molecule has 1 amide bonds. The number of likely N-dealkylation sites (tertiary alicyclic amines) is 1. The third-order valence-electron chi connectivity index (χ3n) is 5.30. The Morgan fingerprint density at radius 1 is 1.27 bits per heavy atom. The highest BCUT2D eigenvalue weighted by Gasteiger charge is 2.22. The van der Waals surface area contributed by atoms with Crippen molar-refractivity contribution in [1.82, 2.24) is 25.0 Å². The third kappa shape index (κ3) is 4.86. The zero-order valence-electron chi connectivity index (χ0n) is 16.7. The van der Waals surface area contributed by atoms with Gasteiger partial charge in [0.05, 0.1) is 22.0 Å². The van der Waals surface area contributed by atoms with Crippen LogP contribution in [-0.2, 0) is 13.6 Å². The molecule has 0 aliphatic carbocycles. The molecule has 1 aliphatic rings. The minimum absolute atomic E-state index is 0.121. The molecular formula is C22H23ClFN5O. The summed E-state index contributed by atoms with van der Waals surface area (Å²) >= 11 is 6.20. The molecule has 1 fully saturated rings. The number of aryl methyl sites for hydroxylation is 1. The quantitative estimate of drug-likeness (QED) is 0.674. The molecule has 0 unspecified atom stereocenters. The van der Waals surface area contributed by atoms with E-state index >= 15 is 0 Å². The van der Waals surface area contributed by atoms with E-state index < -0.39 is 0 Å². The summed E-state index contributed by atoms with van der Waals surface area (Å²) in [6.45, 7) is 2.45. The zero-order valence-corrected chi connectivity index (χ0v) is 17.4. The van der Waals surface area contributed by atoms with Crippen molar-refractivity contribution < 1.29 is 9.18 Å². The number of amides is 1. The molecule has 0 spiro atoms. The number of rotatable bonds is 5. The Balaban J connectivity index is 1.30. The van der Waals surface area contributed by atoms with Gasteiger partial charge in [0, 0.05) is 50.7 Å². The topological polar surface area (TPSA) is 63.0 Å². The molecule has 1 saturated heterocycles. The number of carbonyl (C=O) groups excluding carboxylic acids is 1. The van der Waals surface area contributed by atoms with Gasteiger partial charge in [0.2, 0.25) is 0 Å². The van der Waals surface area contributed by atoms with Crippen LogP contribution in [0.25, 0.3) is 11.3 Å². The van der Waals surface area contributed by atoms with Crippen molar-refractivity contribution in [1.29, 1.82) is 0 Å². The molecule has 3 heterocycles. The van der Waals surface area contributed by atoms with Crippen LogP contribution in [0.4, 0.5) is 4.39 Å². The van der Waals surface area contributed by atoms with E-state index in [-0.39, 0.29) is 17.8 Å². The van der Waals surface area contributed by atoms with Gasteiger partial charge in [0.15, 0.2) is 0 Å². The summed E-state index contributed by atoms with van der Waals surface area (Å²) in [4.78, 5) is 19.2. The Morgan fingerprint density at radius 2 is 2.07 bits per heavy atom. The Hall–Kier alpha value is -2.77. The van der Waals surface area contributed by atoms with Crippen LogP contribution in [0.15, 0.2) is 48.8 Å². The number of piperidine rings is 1. The Morgan fingerprint density at radius 3 is 2.70 bits per heavy atom. The fourth-order valence-corrected chi connectivity index (χ4v) is 3.91. The van der Waals surface area contributed by atoms with Crippen LogP contribution in [-0.4, -0.2) is 44.7 Å². The maximum absolute atomic E-state index is 13.4. The van der Waals surface area contributed by atoms with Gasteiger partial charge in [-0.05, 0) is 37.1 Å². The van der Waals surface area contributed by atoms with Gasteiger partial charge in [-0.25, -0.2) is 4.39 Å². The zero-order chi connectivity index (χ0) is 21.1. The second-order valence-corrected chi connectivity index (χ2v) is 7.97. The van der Waals surface area contributed by atoms with E-state index in [4.69, 9.17) is 11.6 Å². The fraction of sp³-hybridized carbons (Fsp3) is 0.318. The number of halogens is 2. The minimum atomic E-state index is -0.312. The van der Waals surface area contributed by atoms with Gasteiger partial charge in [-0.15, -0.1) is 0 Å². The van der Waals surface area contributed by atoms with Crippen molar-refractivity contribution >= 4 is 17.5 Å². The molecule has 6 nitrogen and oxygen atoms in total. The number of nitrogens with zero attached hydrogens (tertiary/aromatic N) is 4. The maximum Gasteiger partial charge on any atom is 0.253 e. The molecule has 4 rings (SSSR count). The van der Waals surface area contributed by atoms with E-state index in [1.54, 1.807) is 35.1 Å². The number of hydrogen-bond acceptors (Lipinski definition) is 4. The normalized spacial score (nSPS) is 15.3. The molecule has 0 saturated carbocycles. The first-order valence-electron chi connectivity index (χ1n) is 9.91. The smallest absolute Gasteiger partial charge is 0.253 e. The largest absolute Gasteiger partial charge is 0.349 e. The molecule has 0 bridgehead atoms. The minimum Gasteiger partial charge on any atom is -0.349 e. The van der Waals surface area contributed by atoms with E-state index in [9.17, 15) is 9.18 Å². The molecule has 156 valence electrons. The highest BCUT2D eigenvalue weighted by Crippen LogP contribution is 2.20. The molecule has 0 atom stereocenters. The molecule has 2 aromatic heterocycles. The Kier molecular flexibility index (Phi) is 6.11. The predicted octanol–water partition coefficient (Wildman–Crippen LogP) is 3.67. The van der Waals surface area contributed by atoms with E-state index in [0.717, 1.165) is 31.6 Å². The van der Waals surface area contributed by atoms with Crippen LogP contribution in [0.2, 0.25) is 5.02 Å². The van der Waals surface area contributed by atoms with Crippen LogP contribution in [0.3, 0.4) is 0 Å². The number of aromatic nitrogens is 3. The van der Waals surface area contributed by atoms with Crippen molar-refractivity contribution in [2.24, 2.45) is 7.05 Å². The van der Waals surface area contributed by atoms with Gasteiger partial charge in [-0.2, -0.15) is 5.10 Å². The first-order valence-corrected chi connectivity index (χ1v) is 10.3. The van der Waals surface area contributed by atoms with Gasteiger partial charge in [0.1, 0.15) is 5.82 Å². The first-order chi connectivity index (χ1) is 14.5. The lowest BCUT2D eigenvalue weighted by Gasteiger charge is -2.31. The molecule has 1 N–H and O–H groups in total. The summed E-state index contributed by atoms with van der Waals surface area (Å²) < 4.78 is 15.1. The number of carbonyl (C=O) groups is 1. The van der Waals surface area contributed by atoms with E-state index in [2.05, 4.69) is 20.3 Å². The van der Waals surface area contributed by atoms with Gasteiger partial charge >= 0.3 is 0 Å². The first kappa shape index (κ1) is 20.5. The van der Waals surface area contributed by atoms with E-state index in [1.807, 2.05) is 7.05 Å². The van der Waals surface area contributed by atoms with Gasteiger partial charge in [0.25, 0.3) is 5.91 Å². The number of nitrogens with one attached hydrogen (secondary N) is 1. The van der Waals surface area contributed by atoms with Crippen LogP contribution >= 0.6 is 11.6 Å². The van der Waals surface area contributed by atoms with Crippen LogP contribution < -0.4 is 5.32 Å². The number of benzene rings is 1. The highest BCUT2D eigenvalue weighted by molar-refractivity contribution is 6.31. The lowest BCUT2D eigenvalue weighted by Crippen LogP contribution is -2.44. The third-order valence-corrected chi connectivity index (χ3v) is 5.61. The molecular weight excluding hydrogens is 405 g/mol. The summed E-state index contributed by atoms with van der Waals surface area (Å²) in [5.74, 6) is -0.452. The highest BCUT2D eigenvalue weighted by atomic mass is 35.5. The standard InChI is InChI=1S/C22H23ClFN5O/c1-28-13-19(23)21(27-28)14-29-9-7-18(8-10-29)26-22(30)16-5-6-20(25-12-16)15-3-2-4-17(24)11-15/h2-6,11-13,18H,7-10,14H2,1H3,(H,26,30). The van der Waals surface area contributed by atoms with Crippen molar-refractivity contribution in [3.05, 3.63) is 70.9 Å². The van der Waals surface area contributed by atoms with Crippen molar-refractivity contribution in [2.75, 3.05) is 13.1 Å². The van der Waals surface area contributed by atoms with Crippen molar-refractivity contribution in [2.45, 2.75) is 25.4 Å². The average Bonchev–Trinajstić information content (AvgIpc) is 3.06. The van der Waals surface area contributed by atoms with Crippen molar-refractivity contribution in [3.63, 3.8) is 0 Å². The molecule has 3 aromatic rings. The van der Waals surface area contributed by atoms with Gasteiger partial charge < -0.3 is 5.32 Å². The predicted molar refractivity (Wildman–Crippen MR) is 114 cm³/mol. The van der Waals surface area contributed by atoms with Crippen LogP contribution in [0, 0.1) is 5.82 Å². The molecule has 1 aromatic carbocycles. The summed E-state index contributed by atoms with van der Waals surface area (Å²) in [6, 6.07) is 9.83. The molecule has 30 heavy (non-hydrogen) atoms. The van der Waals surface area contributed by atoms with Crippen molar-refractivity contribution in [3.8, 4) is 11.3 Å². The van der Waals surface area contributed by atoms with E-state index in [0.29, 0.717) is 28.4 Å². The summed E-state index contributed by atoms with van der Waals surface area (Å²) in [5, 5.41) is 8.17. The summed E-state index contributed by atoms with van der Waals surface area (Å²) in [7, 11) is 1.86. The maximum atomic E-state index is 13.4. The Bertz CT molecular complexity index is 1030. The molecule has 8 heteroatoms. The monoisotopic (exact) mass is 427 g/mol. The SMILES string of the molecule is Cn1cc(Cl)c(CN2CCC(NC(=O)c3ccc(-c4cccc(F)c4)nc3)CC2)n1. The lowest BCUT2D eigenvalue weighted by atomic mass is 10.0. The van der Waals surface area contributed by atoms with Crippen LogP contribution in [0.5, 0.6) is 0 Å². The second-order valence-electron chi connectivity index (χ2n) is 7.56. The number of hydrogen-bond donors (Lipinski definition) is 1. The average molecular weight is 428 g/mol. The van der Waals surface area contributed by atoms with Gasteiger partial charge in [-0.1, -0.05) is 23.7 Å². The molecule has 1 aliphatic heterocycles. The van der Waals surface area contributed by atoms with Crippen LogP contribution in [0.1, 0.15) is 28.9 Å². The summed E-state index contributed by atoms with van der Waals surface area (Å²) in [6.07, 6.45) is 5.07. The Labute approximate surface area is 179 Å². The number of pyridine rings is 1. The second kappa shape index (κ2) is 8.93. The molecule has 0 radical (unpaired) electrons.